The zero-order valence-electron chi connectivity index (χ0n) is 12.7. The summed E-state index contributed by atoms with van der Waals surface area (Å²) in [7, 11) is -3.37. The lowest BCUT2D eigenvalue weighted by atomic mass is 10.1. The van der Waals surface area contributed by atoms with Crippen LogP contribution in [0.1, 0.15) is 31.6 Å². The van der Waals surface area contributed by atoms with Gasteiger partial charge in [-0.15, -0.1) is 11.3 Å². The molecule has 2 heterocycles. The molecule has 0 amide bonds. The standard InChI is InChI=1S/C14H24N2O3S2/c1-3-15-10-13-7-8-14(20-13)21(17,18)16-9-5-6-12(11-16)19-4-2/h7-8,12,15H,3-6,9-11H2,1-2H3. The zero-order chi connectivity index (χ0) is 15.3. The fourth-order valence-corrected chi connectivity index (χ4v) is 5.45. The lowest BCUT2D eigenvalue weighted by Crippen LogP contribution is -2.42. The van der Waals surface area contributed by atoms with E-state index in [4.69, 9.17) is 4.74 Å². The Kier molecular flexibility index (Phi) is 6.19. The summed E-state index contributed by atoms with van der Waals surface area (Å²) in [5, 5.41) is 3.21. The van der Waals surface area contributed by atoms with Crippen molar-refractivity contribution >= 4 is 21.4 Å². The topological polar surface area (TPSA) is 58.6 Å². The zero-order valence-corrected chi connectivity index (χ0v) is 14.3. The number of hydrogen-bond acceptors (Lipinski definition) is 5. The molecule has 1 aliphatic rings. The number of piperidine rings is 1. The van der Waals surface area contributed by atoms with Gasteiger partial charge in [0, 0.05) is 31.1 Å². The van der Waals surface area contributed by atoms with Crippen LogP contribution in [0.3, 0.4) is 0 Å². The minimum absolute atomic E-state index is 0.0275. The van der Waals surface area contributed by atoms with Gasteiger partial charge in [0.25, 0.3) is 10.0 Å². The Bertz CT molecular complexity index is 540. The molecule has 1 atom stereocenters. The minimum Gasteiger partial charge on any atom is -0.377 e. The average Bonchev–Trinajstić information content (AvgIpc) is 2.95. The summed E-state index contributed by atoms with van der Waals surface area (Å²) in [4.78, 5) is 1.05. The van der Waals surface area contributed by atoms with Gasteiger partial charge in [-0.3, -0.25) is 0 Å². The van der Waals surface area contributed by atoms with Gasteiger partial charge in [0.15, 0.2) is 0 Å². The number of sulfonamides is 1. The predicted molar refractivity (Wildman–Crippen MR) is 85.1 cm³/mol. The molecule has 5 nitrogen and oxygen atoms in total. The van der Waals surface area contributed by atoms with Gasteiger partial charge in [0.05, 0.1) is 6.10 Å². The molecule has 1 aromatic rings. The van der Waals surface area contributed by atoms with Crippen molar-refractivity contribution in [3.63, 3.8) is 0 Å². The van der Waals surface area contributed by atoms with Crippen LogP contribution >= 0.6 is 11.3 Å². The van der Waals surface area contributed by atoms with Gasteiger partial charge in [-0.1, -0.05) is 6.92 Å². The van der Waals surface area contributed by atoms with E-state index in [0.717, 1.165) is 30.8 Å². The van der Waals surface area contributed by atoms with Crippen molar-refractivity contribution in [2.45, 2.75) is 43.5 Å². The number of nitrogens with one attached hydrogen (secondary N) is 1. The Hall–Kier alpha value is -0.470. The van der Waals surface area contributed by atoms with Crippen LogP contribution in [0.25, 0.3) is 0 Å². The summed E-state index contributed by atoms with van der Waals surface area (Å²) in [5.41, 5.74) is 0. The van der Waals surface area contributed by atoms with E-state index in [1.165, 1.54) is 11.3 Å². The highest BCUT2D eigenvalue weighted by molar-refractivity contribution is 7.91. The van der Waals surface area contributed by atoms with Crippen LogP contribution < -0.4 is 5.32 Å². The van der Waals surface area contributed by atoms with Crippen LogP contribution in [-0.4, -0.2) is 45.1 Å². The molecule has 7 heteroatoms. The third-order valence-corrected chi connectivity index (χ3v) is 6.94. The monoisotopic (exact) mass is 332 g/mol. The van der Waals surface area contributed by atoms with Gasteiger partial charge < -0.3 is 10.1 Å². The van der Waals surface area contributed by atoms with Gasteiger partial charge in [0.2, 0.25) is 0 Å². The molecule has 0 radical (unpaired) electrons. The van der Waals surface area contributed by atoms with E-state index in [1.54, 1.807) is 10.4 Å². The summed E-state index contributed by atoms with van der Waals surface area (Å²) in [6.07, 6.45) is 1.83. The highest BCUT2D eigenvalue weighted by Gasteiger charge is 2.31. The Labute approximate surface area is 131 Å². The van der Waals surface area contributed by atoms with E-state index >= 15 is 0 Å². The number of thiophene rings is 1. The Morgan fingerprint density at radius 2 is 2.24 bits per heavy atom. The fraction of sp³-hybridized carbons (Fsp3) is 0.714. The first-order valence-corrected chi connectivity index (χ1v) is 9.74. The number of rotatable bonds is 7. The fourth-order valence-electron chi connectivity index (χ4n) is 2.46. The Morgan fingerprint density at radius 1 is 1.43 bits per heavy atom. The summed E-state index contributed by atoms with van der Waals surface area (Å²) in [5.74, 6) is 0. The quantitative estimate of drug-likeness (QED) is 0.830. The largest absolute Gasteiger partial charge is 0.377 e. The van der Waals surface area contributed by atoms with Crippen LogP contribution in [0.4, 0.5) is 0 Å². The first kappa shape index (κ1) is 16.9. The second-order valence-electron chi connectivity index (χ2n) is 5.08. The third kappa shape index (κ3) is 4.26. The number of ether oxygens (including phenoxy) is 1. The number of hydrogen-bond donors (Lipinski definition) is 1. The van der Waals surface area contributed by atoms with Crippen LogP contribution in [0, 0.1) is 0 Å². The molecule has 0 bridgehead atoms. The number of nitrogens with zero attached hydrogens (tertiary/aromatic N) is 1. The molecule has 21 heavy (non-hydrogen) atoms. The molecule has 1 N–H and O–H groups in total. The van der Waals surface area contributed by atoms with Crippen LogP contribution in [0.15, 0.2) is 16.3 Å². The molecule has 1 fully saturated rings. The maximum Gasteiger partial charge on any atom is 0.252 e. The van der Waals surface area contributed by atoms with E-state index in [1.807, 2.05) is 19.9 Å². The SMILES string of the molecule is CCNCc1ccc(S(=O)(=O)N2CCCC(OCC)C2)s1. The lowest BCUT2D eigenvalue weighted by Gasteiger charge is -2.31. The van der Waals surface area contributed by atoms with Gasteiger partial charge in [-0.05, 0) is 38.4 Å². The molecular weight excluding hydrogens is 308 g/mol. The van der Waals surface area contributed by atoms with E-state index in [2.05, 4.69) is 5.32 Å². The Balaban J connectivity index is 2.08. The predicted octanol–water partition coefficient (Wildman–Crippen LogP) is 2.05. The molecule has 120 valence electrons. The molecule has 0 saturated carbocycles. The van der Waals surface area contributed by atoms with E-state index in [-0.39, 0.29) is 6.10 Å². The molecule has 1 aromatic heterocycles. The third-order valence-electron chi connectivity index (χ3n) is 3.52. The van der Waals surface area contributed by atoms with Crippen molar-refractivity contribution in [3.05, 3.63) is 17.0 Å². The normalized spacial score (nSPS) is 20.8. The summed E-state index contributed by atoms with van der Waals surface area (Å²) >= 11 is 1.36. The highest BCUT2D eigenvalue weighted by Crippen LogP contribution is 2.27. The molecule has 1 aliphatic heterocycles. The van der Waals surface area contributed by atoms with Gasteiger partial charge in [0.1, 0.15) is 4.21 Å². The van der Waals surface area contributed by atoms with Gasteiger partial charge in [-0.25, -0.2) is 8.42 Å². The Morgan fingerprint density at radius 3 is 2.95 bits per heavy atom. The van der Waals surface area contributed by atoms with Crippen molar-refractivity contribution in [2.75, 3.05) is 26.2 Å². The first-order valence-electron chi connectivity index (χ1n) is 7.49. The van der Waals surface area contributed by atoms with E-state index in [0.29, 0.717) is 23.9 Å². The summed E-state index contributed by atoms with van der Waals surface area (Å²) in [6.45, 7) is 7.26. The van der Waals surface area contributed by atoms with Crippen molar-refractivity contribution < 1.29 is 13.2 Å². The molecule has 1 saturated heterocycles. The maximum absolute atomic E-state index is 12.7. The van der Waals surface area contributed by atoms with Gasteiger partial charge in [-0.2, -0.15) is 4.31 Å². The van der Waals surface area contributed by atoms with Crippen LogP contribution in [0.2, 0.25) is 0 Å². The van der Waals surface area contributed by atoms with Crippen LogP contribution in [0.5, 0.6) is 0 Å². The summed E-state index contributed by atoms with van der Waals surface area (Å²) < 4.78 is 33.0. The van der Waals surface area contributed by atoms with E-state index < -0.39 is 10.0 Å². The summed E-state index contributed by atoms with van der Waals surface area (Å²) in [6, 6.07) is 3.61. The minimum atomic E-state index is -3.37. The maximum atomic E-state index is 12.7. The lowest BCUT2D eigenvalue weighted by molar-refractivity contribution is 0.0265. The molecular formula is C14H24N2O3S2. The molecule has 2 rings (SSSR count). The van der Waals surface area contributed by atoms with Crippen molar-refractivity contribution in [1.82, 2.24) is 9.62 Å². The molecule has 0 aliphatic carbocycles. The molecule has 0 aromatic carbocycles. The van der Waals surface area contributed by atoms with Crippen molar-refractivity contribution in [3.8, 4) is 0 Å². The highest BCUT2D eigenvalue weighted by atomic mass is 32.2. The molecule has 1 unspecified atom stereocenters. The van der Waals surface area contributed by atoms with Gasteiger partial charge >= 0.3 is 0 Å². The van der Waals surface area contributed by atoms with E-state index in [9.17, 15) is 8.42 Å². The first-order chi connectivity index (χ1) is 10.1. The molecule has 0 spiro atoms. The second-order valence-corrected chi connectivity index (χ2v) is 8.42. The average molecular weight is 332 g/mol. The smallest absolute Gasteiger partial charge is 0.252 e. The van der Waals surface area contributed by atoms with Crippen molar-refractivity contribution in [2.24, 2.45) is 0 Å². The van der Waals surface area contributed by atoms with Crippen LogP contribution in [-0.2, 0) is 21.3 Å². The second kappa shape index (κ2) is 7.69. The van der Waals surface area contributed by atoms with Crippen molar-refractivity contribution in [1.29, 1.82) is 0 Å².